The van der Waals surface area contributed by atoms with Gasteiger partial charge in [-0.1, -0.05) is 26.7 Å². The van der Waals surface area contributed by atoms with Crippen molar-refractivity contribution in [3.63, 3.8) is 0 Å². The minimum Gasteiger partial charge on any atom is -0.354 e. The van der Waals surface area contributed by atoms with Crippen LogP contribution in [0.15, 0.2) is 4.99 Å². The summed E-state index contributed by atoms with van der Waals surface area (Å²) in [6.45, 7) is 5.61. The summed E-state index contributed by atoms with van der Waals surface area (Å²) in [7, 11) is 3.49. The van der Waals surface area contributed by atoms with Crippen LogP contribution in [0.25, 0.3) is 0 Å². The number of guanidine groups is 1. The molecule has 1 saturated carbocycles. The molecule has 2 N–H and O–H groups in total. The quantitative estimate of drug-likeness (QED) is 0.567. The summed E-state index contributed by atoms with van der Waals surface area (Å²) in [6.07, 6.45) is 6.62. The monoisotopic (exact) mass is 365 g/mol. The molecule has 1 aliphatic carbocycles. The third-order valence-corrected chi connectivity index (χ3v) is 5.21. The summed E-state index contributed by atoms with van der Waals surface area (Å²) in [5.74, 6) is 1.02. The molecule has 2 aliphatic rings. The predicted molar refractivity (Wildman–Crippen MR) is 104 cm³/mol. The van der Waals surface area contributed by atoms with Crippen molar-refractivity contribution in [2.24, 2.45) is 10.9 Å². The summed E-state index contributed by atoms with van der Waals surface area (Å²) < 4.78 is 0. The van der Waals surface area contributed by atoms with E-state index in [1.54, 1.807) is 19.0 Å². The van der Waals surface area contributed by atoms with Crippen LogP contribution in [0.5, 0.6) is 0 Å². The fourth-order valence-corrected chi connectivity index (χ4v) is 3.49. The number of amides is 2. The molecule has 0 aromatic carbocycles. The fraction of sp³-hybridized carbons (Fsp3) is 0.842. The van der Waals surface area contributed by atoms with E-state index in [1.807, 2.05) is 18.7 Å². The second-order valence-corrected chi connectivity index (χ2v) is 7.98. The first-order chi connectivity index (χ1) is 12.4. The van der Waals surface area contributed by atoms with E-state index in [-0.39, 0.29) is 30.3 Å². The number of nitrogens with one attached hydrogen (secondary N) is 2. The first kappa shape index (κ1) is 20.5. The smallest absolute Gasteiger partial charge is 0.243 e. The van der Waals surface area contributed by atoms with Gasteiger partial charge >= 0.3 is 0 Å². The van der Waals surface area contributed by atoms with Gasteiger partial charge in [0.25, 0.3) is 0 Å². The van der Waals surface area contributed by atoms with Crippen LogP contribution in [0, 0.1) is 5.92 Å². The highest BCUT2D eigenvalue weighted by atomic mass is 16.2. The molecule has 2 rings (SSSR count). The van der Waals surface area contributed by atoms with Gasteiger partial charge in [0.1, 0.15) is 6.54 Å². The molecule has 0 radical (unpaired) electrons. The highest BCUT2D eigenvalue weighted by Crippen LogP contribution is 2.18. The van der Waals surface area contributed by atoms with Crippen LogP contribution in [-0.4, -0.2) is 73.4 Å². The van der Waals surface area contributed by atoms with E-state index >= 15 is 0 Å². The predicted octanol–water partition coefficient (Wildman–Crippen LogP) is 1.20. The van der Waals surface area contributed by atoms with Gasteiger partial charge < -0.3 is 20.4 Å². The lowest BCUT2D eigenvalue weighted by Gasteiger charge is -2.34. The number of carbonyl (C=O) groups excluding carboxylic acids is 2. The minimum atomic E-state index is -0.00475. The van der Waals surface area contributed by atoms with Crippen molar-refractivity contribution in [1.82, 2.24) is 20.4 Å². The van der Waals surface area contributed by atoms with Crippen LogP contribution in [0.3, 0.4) is 0 Å². The van der Waals surface area contributed by atoms with Crippen LogP contribution in [0.2, 0.25) is 0 Å². The van der Waals surface area contributed by atoms with E-state index in [1.165, 1.54) is 12.8 Å². The molecule has 1 heterocycles. The number of piperidine rings is 1. The lowest BCUT2D eigenvalue weighted by atomic mass is 10.0. The van der Waals surface area contributed by atoms with E-state index in [4.69, 9.17) is 0 Å². The molecule has 0 unspecified atom stereocenters. The Labute approximate surface area is 157 Å². The zero-order valence-electron chi connectivity index (χ0n) is 16.8. The Balaban J connectivity index is 1.90. The zero-order valence-corrected chi connectivity index (χ0v) is 16.8. The molecule has 0 bridgehead atoms. The molecule has 2 fully saturated rings. The molecule has 2 amide bonds. The SMILES string of the molecule is CC(C)C(=O)N1CCC(NC(=NCC(=O)N(C)C)NC2CCCC2)CC1. The van der Waals surface area contributed by atoms with Crippen molar-refractivity contribution >= 4 is 17.8 Å². The largest absolute Gasteiger partial charge is 0.354 e. The molecule has 0 aromatic heterocycles. The molecular formula is C19H35N5O2. The topological polar surface area (TPSA) is 77.0 Å². The van der Waals surface area contributed by atoms with Crippen LogP contribution < -0.4 is 10.6 Å². The van der Waals surface area contributed by atoms with Crippen molar-refractivity contribution < 1.29 is 9.59 Å². The first-order valence-corrected chi connectivity index (χ1v) is 9.93. The van der Waals surface area contributed by atoms with Gasteiger partial charge in [0.2, 0.25) is 11.8 Å². The van der Waals surface area contributed by atoms with E-state index in [9.17, 15) is 9.59 Å². The number of likely N-dealkylation sites (tertiary alicyclic amines) is 1. The number of aliphatic imine (C=N–C) groups is 1. The molecule has 1 aliphatic heterocycles. The highest BCUT2D eigenvalue weighted by Gasteiger charge is 2.25. The number of nitrogens with zero attached hydrogens (tertiary/aromatic N) is 3. The Hall–Kier alpha value is -1.79. The number of likely N-dealkylation sites (N-methyl/N-ethyl adjacent to an activating group) is 1. The Bertz CT molecular complexity index is 504. The molecule has 7 heteroatoms. The Kier molecular flexibility index (Phi) is 7.72. The molecule has 1 saturated heterocycles. The third-order valence-electron chi connectivity index (χ3n) is 5.21. The number of rotatable bonds is 5. The van der Waals surface area contributed by atoms with Crippen LogP contribution in [0.4, 0.5) is 0 Å². The Morgan fingerprint density at radius 2 is 1.58 bits per heavy atom. The summed E-state index contributed by atoms with van der Waals surface area (Å²) in [5, 5.41) is 6.99. The Morgan fingerprint density at radius 1 is 1.04 bits per heavy atom. The van der Waals surface area contributed by atoms with Gasteiger partial charge in [0.05, 0.1) is 0 Å². The van der Waals surface area contributed by atoms with E-state index < -0.39 is 0 Å². The molecule has 0 atom stereocenters. The average Bonchev–Trinajstić information content (AvgIpc) is 3.12. The second-order valence-electron chi connectivity index (χ2n) is 7.98. The maximum absolute atomic E-state index is 12.1. The lowest BCUT2D eigenvalue weighted by molar-refractivity contribution is -0.135. The standard InChI is InChI=1S/C19H35N5O2/c1-14(2)18(26)24-11-9-16(10-12-24)22-19(20-13-17(25)23(3)4)21-15-7-5-6-8-15/h14-16H,5-13H2,1-4H3,(H2,20,21,22). The van der Waals surface area contributed by atoms with Gasteiger partial charge in [-0.05, 0) is 25.7 Å². The second kappa shape index (κ2) is 9.78. The molecule has 0 spiro atoms. The Morgan fingerprint density at radius 3 is 2.08 bits per heavy atom. The van der Waals surface area contributed by atoms with E-state index in [0.29, 0.717) is 6.04 Å². The van der Waals surface area contributed by atoms with E-state index in [0.717, 1.165) is 44.7 Å². The summed E-state index contributed by atoms with van der Waals surface area (Å²) in [4.78, 5) is 32.0. The molecular weight excluding hydrogens is 330 g/mol. The highest BCUT2D eigenvalue weighted by molar-refractivity contribution is 5.85. The molecule has 26 heavy (non-hydrogen) atoms. The van der Waals surface area contributed by atoms with Crippen LogP contribution in [0.1, 0.15) is 52.4 Å². The molecule has 7 nitrogen and oxygen atoms in total. The minimum absolute atomic E-state index is 0.00475. The maximum atomic E-state index is 12.1. The van der Waals surface area contributed by atoms with Gasteiger partial charge in [0.15, 0.2) is 5.96 Å². The van der Waals surface area contributed by atoms with Crippen molar-refractivity contribution in [2.45, 2.75) is 64.5 Å². The summed E-state index contributed by atoms with van der Waals surface area (Å²) in [5.41, 5.74) is 0. The van der Waals surface area contributed by atoms with Crippen molar-refractivity contribution in [2.75, 3.05) is 33.7 Å². The van der Waals surface area contributed by atoms with Crippen LogP contribution in [-0.2, 0) is 9.59 Å². The van der Waals surface area contributed by atoms with Gasteiger partial charge in [-0.2, -0.15) is 0 Å². The lowest BCUT2D eigenvalue weighted by Crippen LogP contribution is -2.52. The van der Waals surface area contributed by atoms with Gasteiger partial charge in [-0.25, -0.2) is 4.99 Å². The first-order valence-electron chi connectivity index (χ1n) is 9.93. The van der Waals surface area contributed by atoms with Crippen molar-refractivity contribution in [3.8, 4) is 0 Å². The van der Waals surface area contributed by atoms with Gasteiger partial charge in [-0.3, -0.25) is 9.59 Å². The normalized spacial score (nSPS) is 19.7. The average molecular weight is 366 g/mol. The van der Waals surface area contributed by atoms with E-state index in [2.05, 4.69) is 15.6 Å². The van der Waals surface area contributed by atoms with Gasteiger partial charge in [-0.15, -0.1) is 0 Å². The number of hydrogen-bond acceptors (Lipinski definition) is 3. The molecule has 148 valence electrons. The van der Waals surface area contributed by atoms with Crippen molar-refractivity contribution in [1.29, 1.82) is 0 Å². The van der Waals surface area contributed by atoms with Crippen molar-refractivity contribution in [3.05, 3.63) is 0 Å². The number of carbonyl (C=O) groups is 2. The summed E-state index contributed by atoms with van der Waals surface area (Å²) in [6, 6.07) is 0.728. The maximum Gasteiger partial charge on any atom is 0.243 e. The molecule has 0 aromatic rings. The summed E-state index contributed by atoms with van der Waals surface area (Å²) >= 11 is 0. The number of hydrogen-bond donors (Lipinski definition) is 2. The van der Waals surface area contributed by atoms with Crippen LogP contribution >= 0.6 is 0 Å². The zero-order chi connectivity index (χ0) is 19.1. The van der Waals surface area contributed by atoms with Gasteiger partial charge in [0, 0.05) is 45.2 Å². The third kappa shape index (κ3) is 6.18. The fourth-order valence-electron chi connectivity index (χ4n) is 3.49.